The fourth-order valence-electron chi connectivity index (χ4n) is 4.61. The Balaban J connectivity index is 0. The van der Waals surface area contributed by atoms with Gasteiger partial charge in [-0.05, 0) is 92.2 Å². The van der Waals surface area contributed by atoms with Gasteiger partial charge in [0.05, 0.1) is 34.4 Å². The van der Waals surface area contributed by atoms with E-state index in [1.807, 2.05) is 24.3 Å². The summed E-state index contributed by atoms with van der Waals surface area (Å²) in [6.07, 6.45) is -20.9. The third-order valence-corrected chi connectivity index (χ3v) is 11.8. The Hall–Kier alpha value is -3.89. The first-order valence-corrected chi connectivity index (χ1v) is 19.3. The van der Waals surface area contributed by atoms with Gasteiger partial charge in [0.25, 0.3) is 0 Å². The molecule has 0 aromatic heterocycles. The summed E-state index contributed by atoms with van der Waals surface area (Å²) in [5.74, 6) is 0. The van der Waals surface area contributed by atoms with E-state index in [1.165, 1.54) is 13.8 Å². The molecule has 0 saturated carbocycles. The van der Waals surface area contributed by atoms with Crippen LogP contribution in [-0.2, 0) is 45.1 Å². The molecular weight excluding hydrogens is 1020 g/mol. The first-order valence-electron chi connectivity index (χ1n) is 16.3. The number of halogens is 20. The molecule has 0 amide bonds. The zero-order valence-electron chi connectivity index (χ0n) is 31.2. The Bertz CT molecular complexity index is 1780. The molecule has 4 aromatic rings. The standard InChI is InChI=1S/C31H22F12P2.2C2H3N.2BF4.Pd/c32-28(33,34)20-14-21(29(35,36)37)17-26(16-20)45(27-18-22(30(38,39)40)15-23(19-27)31(41,42)43)13-7-12-44(24-8-3-1-4-9-24)25-10-5-2-6-11-25;2*1-2-3;2*2-1(3,4)5;/h1-6,8-11,14-19H,7,12-13H2;2*1H3;;;/q;;;2*-1;+2. The van der Waals surface area contributed by atoms with E-state index < -0.39 is 87.9 Å². The summed E-state index contributed by atoms with van der Waals surface area (Å²) < 4.78 is 243. The summed E-state index contributed by atoms with van der Waals surface area (Å²) >= 11 is 0. The maximum atomic E-state index is 13.7. The minimum absolute atomic E-state index is 0. The second kappa shape index (κ2) is 26.0. The summed E-state index contributed by atoms with van der Waals surface area (Å²) in [5.41, 5.74) is -6.84. The van der Waals surface area contributed by atoms with Crippen LogP contribution < -0.4 is 21.2 Å². The first-order chi connectivity index (χ1) is 27.7. The summed E-state index contributed by atoms with van der Waals surface area (Å²) in [5, 5.41) is 15.1. The van der Waals surface area contributed by atoms with Crippen molar-refractivity contribution in [2.24, 2.45) is 0 Å². The van der Waals surface area contributed by atoms with Gasteiger partial charge in [-0.1, -0.05) is 60.7 Å². The van der Waals surface area contributed by atoms with Gasteiger partial charge in [-0.3, -0.25) is 0 Å². The molecule has 0 N–H and O–H groups in total. The van der Waals surface area contributed by atoms with Crippen LogP contribution in [0.3, 0.4) is 0 Å². The monoisotopic (exact) mass is 1050 g/mol. The summed E-state index contributed by atoms with van der Waals surface area (Å²) in [7, 11) is -15.7. The van der Waals surface area contributed by atoms with Crippen molar-refractivity contribution in [2.75, 3.05) is 12.3 Å². The average molecular weight is 1050 g/mol. The Morgan fingerprint density at radius 2 is 0.613 bits per heavy atom. The number of nitriles is 2. The van der Waals surface area contributed by atoms with E-state index in [0.29, 0.717) is 30.4 Å². The molecule has 62 heavy (non-hydrogen) atoms. The minimum atomic E-state index is -6.00. The average Bonchev–Trinajstić information content (AvgIpc) is 3.10. The molecule has 0 aliphatic heterocycles. The second-order valence-corrected chi connectivity index (χ2v) is 16.0. The van der Waals surface area contributed by atoms with Gasteiger partial charge >= 0.3 is 59.6 Å². The molecule has 0 heterocycles. The number of hydrogen-bond acceptors (Lipinski definition) is 2. The van der Waals surface area contributed by atoms with Crippen LogP contribution in [0.2, 0.25) is 0 Å². The fourth-order valence-corrected chi connectivity index (χ4v) is 9.68. The van der Waals surface area contributed by atoms with Crippen LogP contribution in [0.25, 0.3) is 0 Å². The molecule has 0 radical (unpaired) electrons. The molecule has 0 spiro atoms. The van der Waals surface area contributed by atoms with Crippen LogP contribution in [0.1, 0.15) is 42.5 Å². The van der Waals surface area contributed by atoms with E-state index >= 15 is 0 Å². The van der Waals surface area contributed by atoms with Gasteiger partial charge in [0.2, 0.25) is 0 Å². The maximum absolute atomic E-state index is 13.7. The Morgan fingerprint density at radius 3 is 0.806 bits per heavy atom. The van der Waals surface area contributed by atoms with E-state index in [-0.39, 0.29) is 45.1 Å². The summed E-state index contributed by atoms with van der Waals surface area (Å²) in [4.78, 5) is 0. The molecule has 4 aromatic carbocycles. The van der Waals surface area contributed by atoms with Gasteiger partial charge in [-0.15, -0.1) is 0 Å². The van der Waals surface area contributed by atoms with E-state index in [0.717, 1.165) is 10.6 Å². The smallest absolute Gasteiger partial charge is 0.418 e. The first kappa shape index (κ1) is 60.2. The van der Waals surface area contributed by atoms with Crippen LogP contribution in [-0.4, -0.2) is 26.8 Å². The molecule has 27 heteroatoms. The van der Waals surface area contributed by atoms with Crippen LogP contribution >= 0.6 is 15.8 Å². The topological polar surface area (TPSA) is 47.6 Å². The van der Waals surface area contributed by atoms with E-state index in [4.69, 9.17) is 10.5 Å². The van der Waals surface area contributed by atoms with Crippen molar-refractivity contribution < 1.29 is 108 Å². The third-order valence-electron chi connectivity index (χ3n) is 6.67. The van der Waals surface area contributed by atoms with Gasteiger partial charge < -0.3 is 34.5 Å². The van der Waals surface area contributed by atoms with E-state index in [1.54, 1.807) is 48.5 Å². The molecule has 344 valence electrons. The van der Waals surface area contributed by atoms with Crippen molar-refractivity contribution in [3.05, 3.63) is 119 Å². The number of hydrogen-bond donors (Lipinski definition) is 0. The van der Waals surface area contributed by atoms with Crippen molar-refractivity contribution in [3.8, 4) is 12.1 Å². The van der Waals surface area contributed by atoms with Crippen LogP contribution in [0.5, 0.6) is 0 Å². The Labute approximate surface area is 357 Å². The van der Waals surface area contributed by atoms with Gasteiger partial charge in [-0.25, -0.2) is 0 Å². The second-order valence-electron chi connectivity index (χ2n) is 11.3. The molecule has 0 unspecified atom stereocenters. The predicted octanol–water partition coefficient (Wildman–Crippen LogP) is 13.4. The Morgan fingerprint density at radius 1 is 0.419 bits per heavy atom. The van der Waals surface area contributed by atoms with Crippen LogP contribution in [0.15, 0.2) is 97.1 Å². The summed E-state index contributed by atoms with van der Waals surface area (Å²) in [6, 6.07) is 22.8. The van der Waals surface area contributed by atoms with Crippen LogP contribution in [0, 0.1) is 22.7 Å². The Kier molecular flexibility index (Phi) is 25.3. The SMILES string of the molecule is CC#N.CC#N.FC(F)(F)c1cc(P(CCCP(c2ccccc2)c2ccccc2)c2cc(C(F)(F)F)cc(C(F)(F)F)c2)cc(C(F)(F)F)c1.F[B-](F)(F)F.F[B-](F)(F)F.[Pd+2]. The molecule has 0 saturated heterocycles. The van der Waals surface area contributed by atoms with Gasteiger partial charge in [0, 0.05) is 13.8 Å². The number of benzene rings is 4. The number of nitrogens with zero attached hydrogens (tertiary/aromatic N) is 2. The van der Waals surface area contributed by atoms with Crippen molar-refractivity contribution >= 4 is 51.6 Å². The third kappa shape index (κ3) is 25.3. The molecule has 4 rings (SSSR count). The van der Waals surface area contributed by atoms with Gasteiger partial charge in [0.1, 0.15) is 0 Å². The van der Waals surface area contributed by atoms with Gasteiger partial charge in [-0.2, -0.15) is 63.2 Å². The largest absolute Gasteiger partial charge is 2.00 e. The van der Waals surface area contributed by atoms with E-state index in [2.05, 4.69) is 0 Å². The summed E-state index contributed by atoms with van der Waals surface area (Å²) in [6.45, 7) is 2.86. The zero-order valence-corrected chi connectivity index (χ0v) is 34.5. The quantitative estimate of drug-likeness (QED) is 0.100. The zero-order chi connectivity index (χ0) is 47.6. The molecule has 0 aliphatic carbocycles. The molecule has 0 fully saturated rings. The van der Waals surface area contributed by atoms with Crippen molar-refractivity contribution in [1.82, 2.24) is 0 Å². The molecule has 0 bridgehead atoms. The number of rotatable bonds is 8. The predicted molar refractivity (Wildman–Crippen MR) is 195 cm³/mol. The normalized spacial score (nSPS) is 11.7. The van der Waals surface area contributed by atoms with Crippen molar-refractivity contribution in [3.63, 3.8) is 0 Å². The molecule has 0 atom stereocenters. The van der Waals surface area contributed by atoms with Crippen LogP contribution in [0.4, 0.5) is 87.2 Å². The minimum Gasteiger partial charge on any atom is -0.418 e. The molecular formula is C35H28B2F20N2P2Pd. The number of alkyl halides is 12. The maximum Gasteiger partial charge on any atom is 2.00 e. The molecule has 2 nitrogen and oxygen atoms in total. The van der Waals surface area contributed by atoms with E-state index in [9.17, 15) is 87.2 Å². The fraction of sp³-hybridized carbons (Fsp3) is 0.257. The van der Waals surface area contributed by atoms with Crippen molar-refractivity contribution in [1.29, 1.82) is 10.5 Å². The molecule has 0 aliphatic rings. The van der Waals surface area contributed by atoms with Crippen molar-refractivity contribution in [2.45, 2.75) is 45.0 Å². The van der Waals surface area contributed by atoms with Gasteiger partial charge in [0.15, 0.2) is 0 Å².